The molecule has 0 aliphatic carbocycles. The van der Waals surface area contributed by atoms with Crippen molar-refractivity contribution in [1.29, 1.82) is 0 Å². The highest BCUT2D eigenvalue weighted by atomic mass is 16.5. The van der Waals surface area contributed by atoms with Gasteiger partial charge in [0.25, 0.3) is 5.91 Å². The van der Waals surface area contributed by atoms with Gasteiger partial charge in [0, 0.05) is 25.9 Å². The lowest BCUT2D eigenvalue weighted by Crippen LogP contribution is -2.43. The molecule has 1 amide bonds. The lowest BCUT2D eigenvalue weighted by molar-refractivity contribution is -0.145. The van der Waals surface area contributed by atoms with Gasteiger partial charge in [0.05, 0.1) is 12.2 Å². The van der Waals surface area contributed by atoms with Crippen molar-refractivity contribution in [2.24, 2.45) is 0 Å². The largest absolute Gasteiger partial charge is 0.364 e. The molecule has 1 saturated heterocycles. The van der Waals surface area contributed by atoms with E-state index in [4.69, 9.17) is 4.74 Å². The predicted molar refractivity (Wildman–Crippen MR) is 92.6 cm³/mol. The molecule has 1 aliphatic heterocycles. The van der Waals surface area contributed by atoms with Crippen LogP contribution in [0.25, 0.3) is 0 Å². The molecule has 2 atom stereocenters. The number of rotatable bonds is 5. The van der Waals surface area contributed by atoms with Gasteiger partial charge in [-0.25, -0.2) is 0 Å². The molecule has 2 aromatic rings. The number of aromatic nitrogens is 2. The van der Waals surface area contributed by atoms with E-state index in [1.54, 1.807) is 0 Å². The van der Waals surface area contributed by atoms with Crippen molar-refractivity contribution in [2.45, 2.75) is 38.8 Å². The summed E-state index contributed by atoms with van der Waals surface area (Å²) in [6, 6.07) is 10.00. The van der Waals surface area contributed by atoms with E-state index in [2.05, 4.69) is 11.3 Å². The van der Waals surface area contributed by atoms with Gasteiger partial charge in [-0.2, -0.15) is 5.10 Å². The summed E-state index contributed by atoms with van der Waals surface area (Å²) in [4.78, 5) is 15.0. The normalized spacial score (nSPS) is 19.2. The zero-order valence-electron chi connectivity index (χ0n) is 14.4. The molecular formula is C19H25N3O2. The molecule has 0 bridgehead atoms. The zero-order chi connectivity index (χ0) is 16.9. The van der Waals surface area contributed by atoms with Gasteiger partial charge >= 0.3 is 0 Å². The van der Waals surface area contributed by atoms with Crippen LogP contribution >= 0.6 is 0 Å². The summed E-state index contributed by atoms with van der Waals surface area (Å²) in [7, 11) is 0. The second-order valence-corrected chi connectivity index (χ2v) is 6.32. The fourth-order valence-electron chi connectivity index (χ4n) is 3.27. The quantitative estimate of drug-likeness (QED) is 0.847. The fourth-order valence-corrected chi connectivity index (χ4v) is 3.27. The van der Waals surface area contributed by atoms with Gasteiger partial charge in [-0.1, -0.05) is 30.3 Å². The van der Waals surface area contributed by atoms with Crippen molar-refractivity contribution in [1.82, 2.24) is 14.7 Å². The van der Waals surface area contributed by atoms with Crippen LogP contribution < -0.4 is 0 Å². The second-order valence-electron chi connectivity index (χ2n) is 6.32. The minimum Gasteiger partial charge on any atom is -0.364 e. The first kappa shape index (κ1) is 16.7. The molecule has 1 fully saturated rings. The SMILES string of the molecule is CCOC(C(=O)N1CCCC(n2cc(C)cn2)C1)c1ccccc1. The van der Waals surface area contributed by atoms with E-state index in [0.29, 0.717) is 13.2 Å². The molecule has 0 saturated carbocycles. The number of ether oxygens (including phenoxy) is 1. The average molecular weight is 327 g/mol. The summed E-state index contributed by atoms with van der Waals surface area (Å²) >= 11 is 0. The van der Waals surface area contributed by atoms with E-state index in [9.17, 15) is 4.79 Å². The molecule has 1 aromatic carbocycles. The van der Waals surface area contributed by atoms with Crippen LogP contribution in [-0.4, -0.2) is 40.3 Å². The fraction of sp³-hybridized carbons (Fsp3) is 0.474. The van der Waals surface area contributed by atoms with E-state index in [1.165, 1.54) is 0 Å². The Balaban J connectivity index is 1.74. The van der Waals surface area contributed by atoms with Crippen LogP contribution in [0.4, 0.5) is 0 Å². The van der Waals surface area contributed by atoms with E-state index >= 15 is 0 Å². The Labute approximate surface area is 143 Å². The van der Waals surface area contributed by atoms with Gasteiger partial charge in [-0.05, 0) is 37.8 Å². The maximum atomic E-state index is 13.0. The molecule has 128 valence electrons. The minimum absolute atomic E-state index is 0.0524. The van der Waals surface area contributed by atoms with Gasteiger partial charge in [-0.3, -0.25) is 9.48 Å². The minimum atomic E-state index is -0.519. The Morgan fingerprint density at radius 1 is 1.38 bits per heavy atom. The van der Waals surface area contributed by atoms with Gasteiger partial charge in [0.15, 0.2) is 6.10 Å². The summed E-state index contributed by atoms with van der Waals surface area (Å²) in [6.45, 7) is 5.95. The summed E-state index contributed by atoms with van der Waals surface area (Å²) in [5.74, 6) is 0.0524. The summed E-state index contributed by atoms with van der Waals surface area (Å²) in [5.41, 5.74) is 2.07. The number of hydrogen-bond donors (Lipinski definition) is 0. The first-order valence-electron chi connectivity index (χ1n) is 8.65. The number of piperidine rings is 1. The van der Waals surface area contributed by atoms with Crippen molar-refractivity contribution in [3.8, 4) is 0 Å². The van der Waals surface area contributed by atoms with Crippen LogP contribution in [-0.2, 0) is 9.53 Å². The molecule has 0 radical (unpaired) electrons. The van der Waals surface area contributed by atoms with E-state index in [1.807, 2.05) is 60.0 Å². The van der Waals surface area contributed by atoms with E-state index in [0.717, 1.165) is 30.5 Å². The van der Waals surface area contributed by atoms with E-state index < -0.39 is 6.10 Å². The van der Waals surface area contributed by atoms with Crippen LogP contribution in [0, 0.1) is 6.92 Å². The lowest BCUT2D eigenvalue weighted by atomic mass is 10.0. The van der Waals surface area contributed by atoms with Crippen LogP contribution in [0.2, 0.25) is 0 Å². The van der Waals surface area contributed by atoms with Gasteiger partial charge in [-0.15, -0.1) is 0 Å². The molecule has 1 aliphatic rings. The molecule has 5 nitrogen and oxygen atoms in total. The van der Waals surface area contributed by atoms with Crippen molar-refractivity contribution < 1.29 is 9.53 Å². The van der Waals surface area contributed by atoms with Crippen LogP contribution in [0.1, 0.15) is 43.0 Å². The molecule has 3 rings (SSSR count). The van der Waals surface area contributed by atoms with Crippen molar-refractivity contribution >= 4 is 5.91 Å². The topological polar surface area (TPSA) is 47.4 Å². The number of likely N-dealkylation sites (tertiary alicyclic amines) is 1. The molecule has 2 heterocycles. The Morgan fingerprint density at radius 3 is 2.83 bits per heavy atom. The summed E-state index contributed by atoms with van der Waals surface area (Å²) < 4.78 is 7.77. The smallest absolute Gasteiger partial charge is 0.256 e. The number of aryl methyl sites for hydroxylation is 1. The number of hydrogen-bond acceptors (Lipinski definition) is 3. The first-order chi connectivity index (χ1) is 11.7. The summed E-state index contributed by atoms with van der Waals surface area (Å²) in [6.07, 6.45) is 5.44. The summed E-state index contributed by atoms with van der Waals surface area (Å²) in [5, 5.41) is 4.42. The molecule has 0 spiro atoms. The standard InChI is InChI=1S/C19H25N3O2/c1-3-24-18(16-8-5-4-6-9-16)19(23)21-11-7-10-17(14-21)22-13-15(2)12-20-22/h4-6,8-9,12-13,17-18H,3,7,10-11,14H2,1-2H3. The zero-order valence-corrected chi connectivity index (χ0v) is 14.4. The highest BCUT2D eigenvalue weighted by Crippen LogP contribution is 2.26. The number of carbonyl (C=O) groups is 1. The number of amides is 1. The highest BCUT2D eigenvalue weighted by molar-refractivity contribution is 5.82. The Kier molecular flexibility index (Phi) is 5.30. The molecule has 1 aromatic heterocycles. The van der Waals surface area contributed by atoms with Gasteiger partial charge < -0.3 is 9.64 Å². The number of benzene rings is 1. The van der Waals surface area contributed by atoms with Gasteiger partial charge in [0.2, 0.25) is 0 Å². The van der Waals surface area contributed by atoms with Crippen LogP contribution in [0.5, 0.6) is 0 Å². The van der Waals surface area contributed by atoms with Crippen molar-refractivity contribution in [2.75, 3.05) is 19.7 Å². The predicted octanol–water partition coefficient (Wildman–Crippen LogP) is 3.13. The average Bonchev–Trinajstić information content (AvgIpc) is 3.06. The third kappa shape index (κ3) is 3.67. The molecule has 24 heavy (non-hydrogen) atoms. The van der Waals surface area contributed by atoms with Crippen LogP contribution in [0.3, 0.4) is 0 Å². The Morgan fingerprint density at radius 2 is 2.17 bits per heavy atom. The maximum absolute atomic E-state index is 13.0. The molecule has 0 N–H and O–H groups in total. The lowest BCUT2D eigenvalue weighted by Gasteiger charge is -2.35. The van der Waals surface area contributed by atoms with Crippen molar-refractivity contribution in [3.63, 3.8) is 0 Å². The maximum Gasteiger partial charge on any atom is 0.256 e. The van der Waals surface area contributed by atoms with Gasteiger partial charge in [0.1, 0.15) is 0 Å². The molecule has 2 unspecified atom stereocenters. The first-order valence-corrected chi connectivity index (χ1v) is 8.65. The highest BCUT2D eigenvalue weighted by Gasteiger charge is 2.31. The second kappa shape index (κ2) is 7.62. The van der Waals surface area contributed by atoms with Crippen LogP contribution in [0.15, 0.2) is 42.7 Å². The van der Waals surface area contributed by atoms with E-state index in [-0.39, 0.29) is 11.9 Å². The molecular weight excluding hydrogens is 302 g/mol. The number of nitrogens with zero attached hydrogens (tertiary/aromatic N) is 3. The third-order valence-electron chi connectivity index (χ3n) is 4.47. The third-order valence-corrected chi connectivity index (χ3v) is 4.47. The number of carbonyl (C=O) groups excluding carboxylic acids is 1. The Hall–Kier alpha value is -2.14. The molecule has 5 heteroatoms. The van der Waals surface area contributed by atoms with Crippen molar-refractivity contribution in [3.05, 3.63) is 53.9 Å². The Bertz CT molecular complexity index is 668. The monoisotopic (exact) mass is 327 g/mol.